The predicted molar refractivity (Wildman–Crippen MR) is 231 cm³/mol. The van der Waals surface area contributed by atoms with Crippen molar-refractivity contribution in [1.82, 2.24) is 24.9 Å². The van der Waals surface area contributed by atoms with Crippen LogP contribution in [0.4, 0.5) is 0 Å². The summed E-state index contributed by atoms with van der Waals surface area (Å²) in [4.78, 5) is 26.9. The first-order valence-electron chi connectivity index (χ1n) is 18.3. The maximum Gasteiger partial charge on any atom is 0.164 e. The second-order valence-electron chi connectivity index (χ2n) is 13.3. The van der Waals surface area contributed by atoms with E-state index in [0.29, 0.717) is 23.3 Å². The van der Waals surface area contributed by atoms with Crippen molar-refractivity contribution in [1.29, 1.82) is 0 Å². The number of fused-ring (bicyclic) bond motifs is 3. The van der Waals surface area contributed by atoms with Crippen molar-refractivity contribution >= 4 is 43.3 Å². The van der Waals surface area contributed by atoms with Crippen LogP contribution in [0.1, 0.15) is 0 Å². The van der Waals surface area contributed by atoms with Crippen LogP contribution in [0.3, 0.4) is 0 Å². The largest absolute Gasteiger partial charge is 0.235 e. The van der Waals surface area contributed by atoms with Gasteiger partial charge in [-0.25, -0.2) is 24.9 Å². The highest BCUT2D eigenvalue weighted by atomic mass is 32.2. The van der Waals surface area contributed by atoms with E-state index >= 15 is 0 Å². The molecule has 7 aromatic carbocycles. The summed E-state index contributed by atoms with van der Waals surface area (Å²) in [6, 6.07) is 62.7. The van der Waals surface area contributed by atoms with Gasteiger partial charge < -0.3 is 0 Å². The van der Waals surface area contributed by atoms with Crippen molar-refractivity contribution < 1.29 is 0 Å². The van der Waals surface area contributed by atoms with Crippen LogP contribution in [-0.4, -0.2) is 24.9 Å². The molecule has 0 unspecified atom stereocenters. The molecule has 264 valence electrons. The Morgan fingerprint density at radius 1 is 0.393 bits per heavy atom. The zero-order valence-electron chi connectivity index (χ0n) is 30.0. The Hall–Kier alpha value is -6.80. The lowest BCUT2D eigenvalue weighted by atomic mass is 10.0. The summed E-state index contributed by atoms with van der Waals surface area (Å²) < 4.78 is 2.42. The molecule has 0 fully saturated rings. The molecule has 0 radical (unpaired) electrons. The van der Waals surface area contributed by atoms with Crippen LogP contribution in [0.25, 0.3) is 88.1 Å². The fourth-order valence-electron chi connectivity index (χ4n) is 6.90. The summed E-state index contributed by atoms with van der Waals surface area (Å²) in [5.74, 6) is 2.67. The number of thiophene rings is 1. The standard InChI is InChI=1S/C49H31N5S2/c1-5-14-34(15-6-1)46-50-31-43(55-38-20-11-4-12-21-38)44(51-46)33-26-24-32(25-27-33)39-22-13-23-41-40-29-28-37(30-42(40)56-45(39)41)49-53-47(35-16-7-2-8-17-35)52-48(54-49)36-18-9-3-10-19-36/h1-31H. The Bertz CT molecular complexity index is 2910. The molecular weight excluding hydrogens is 723 g/mol. The fourth-order valence-corrected chi connectivity index (χ4v) is 9.09. The molecule has 0 aliphatic carbocycles. The summed E-state index contributed by atoms with van der Waals surface area (Å²) in [6.07, 6.45) is 1.95. The van der Waals surface area contributed by atoms with Crippen LogP contribution in [-0.2, 0) is 0 Å². The third-order valence-electron chi connectivity index (χ3n) is 9.68. The van der Waals surface area contributed by atoms with Crippen LogP contribution in [0.2, 0.25) is 0 Å². The fraction of sp³-hybridized carbons (Fsp3) is 0. The molecule has 5 nitrogen and oxygen atoms in total. The Morgan fingerprint density at radius 2 is 0.929 bits per heavy atom. The Morgan fingerprint density at radius 3 is 1.55 bits per heavy atom. The number of hydrogen-bond acceptors (Lipinski definition) is 7. The topological polar surface area (TPSA) is 64.5 Å². The molecule has 0 aliphatic heterocycles. The second-order valence-corrected chi connectivity index (χ2v) is 15.5. The highest BCUT2D eigenvalue weighted by molar-refractivity contribution is 7.99. The minimum absolute atomic E-state index is 0.651. The van der Waals surface area contributed by atoms with Crippen molar-refractivity contribution in [2.45, 2.75) is 9.79 Å². The summed E-state index contributed by atoms with van der Waals surface area (Å²) in [5, 5.41) is 2.44. The van der Waals surface area contributed by atoms with Crippen LogP contribution in [0, 0.1) is 0 Å². The van der Waals surface area contributed by atoms with Crippen LogP contribution >= 0.6 is 23.1 Å². The molecule has 0 amide bonds. The lowest BCUT2D eigenvalue weighted by molar-refractivity contribution is 1.07. The predicted octanol–water partition coefficient (Wildman–Crippen LogP) is 13.2. The first-order valence-corrected chi connectivity index (χ1v) is 20.0. The van der Waals surface area contributed by atoms with Gasteiger partial charge in [-0.3, -0.25) is 0 Å². The molecule has 0 spiro atoms. The maximum atomic E-state index is 5.12. The van der Waals surface area contributed by atoms with E-state index in [4.69, 9.17) is 24.9 Å². The highest BCUT2D eigenvalue weighted by Crippen LogP contribution is 2.42. The van der Waals surface area contributed by atoms with E-state index in [0.717, 1.165) is 48.9 Å². The van der Waals surface area contributed by atoms with Gasteiger partial charge in [-0.1, -0.05) is 176 Å². The molecule has 0 atom stereocenters. The van der Waals surface area contributed by atoms with Crippen molar-refractivity contribution in [3.63, 3.8) is 0 Å². The minimum atomic E-state index is 0.651. The molecule has 3 aromatic heterocycles. The lowest BCUT2D eigenvalue weighted by Gasteiger charge is -2.12. The number of aromatic nitrogens is 5. The van der Waals surface area contributed by atoms with Crippen LogP contribution in [0.15, 0.2) is 198 Å². The third-order valence-corrected chi connectivity index (χ3v) is 11.9. The highest BCUT2D eigenvalue weighted by Gasteiger charge is 2.17. The molecule has 10 rings (SSSR count). The van der Waals surface area contributed by atoms with E-state index in [2.05, 4.69) is 97.1 Å². The van der Waals surface area contributed by atoms with Gasteiger partial charge in [0, 0.05) is 59.1 Å². The molecule has 56 heavy (non-hydrogen) atoms. The summed E-state index contributed by atoms with van der Waals surface area (Å²) in [5.41, 5.74) is 8.15. The smallest absolute Gasteiger partial charge is 0.164 e. The quantitative estimate of drug-likeness (QED) is 0.154. The van der Waals surface area contributed by atoms with E-state index in [-0.39, 0.29) is 0 Å². The van der Waals surface area contributed by atoms with Gasteiger partial charge in [-0.15, -0.1) is 11.3 Å². The number of nitrogens with zero attached hydrogens (tertiary/aromatic N) is 5. The van der Waals surface area contributed by atoms with Gasteiger partial charge in [-0.2, -0.15) is 0 Å². The van der Waals surface area contributed by atoms with Crippen molar-refractivity contribution in [2.75, 3.05) is 0 Å². The molecule has 0 N–H and O–H groups in total. The first-order chi connectivity index (χ1) is 27.7. The van der Waals surface area contributed by atoms with Crippen molar-refractivity contribution in [2.24, 2.45) is 0 Å². The molecule has 7 heteroatoms. The average Bonchev–Trinajstić information content (AvgIpc) is 3.66. The number of benzene rings is 7. The van der Waals surface area contributed by atoms with E-state index in [1.54, 1.807) is 23.1 Å². The van der Waals surface area contributed by atoms with E-state index in [9.17, 15) is 0 Å². The van der Waals surface area contributed by atoms with Crippen LogP contribution < -0.4 is 0 Å². The van der Waals surface area contributed by atoms with Gasteiger partial charge in [-0.05, 0) is 29.3 Å². The van der Waals surface area contributed by atoms with Crippen molar-refractivity contribution in [3.05, 3.63) is 188 Å². The van der Waals surface area contributed by atoms with Gasteiger partial charge in [0.25, 0.3) is 0 Å². The Balaban J connectivity index is 1.03. The second kappa shape index (κ2) is 14.8. The monoisotopic (exact) mass is 753 g/mol. The first kappa shape index (κ1) is 33.7. The molecular formula is C49H31N5S2. The van der Waals surface area contributed by atoms with E-state index in [1.165, 1.54) is 25.7 Å². The van der Waals surface area contributed by atoms with E-state index < -0.39 is 0 Å². The third kappa shape index (κ3) is 6.64. The average molecular weight is 754 g/mol. The zero-order chi connectivity index (χ0) is 37.3. The Labute approximate surface area is 332 Å². The summed E-state index contributed by atoms with van der Waals surface area (Å²) >= 11 is 3.48. The summed E-state index contributed by atoms with van der Waals surface area (Å²) in [6.45, 7) is 0. The van der Waals surface area contributed by atoms with E-state index in [1.807, 2.05) is 91.1 Å². The normalized spacial score (nSPS) is 11.3. The van der Waals surface area contributed by atoms with Crippen molar-refractivity contribution in [3.8, 4) is 67.9 Å². The SMILES string of the molecule is c1ccc(Sc2cnc(-c3ccccc3)nc2-c2ccc(-c3cccc4c3sc3cc(-c5nc(-c6ccccc6)nc(-c6ccccc6)n5)ccc34)cc2)cc1. The molecule has 3 heterocycles. The Kier molecular flexibility index (Phi) is 8.91. The van der Waals surface area contributed by atoms with Gasteiger partial charge >= 0.3 is 0 Å². The minimum Gasteiger partial charge on any atom is -0.235 e. The van der Waals surface area contributed by atoms with Gasteiger partial charge in [0.2, 0.25) is 0 Å². The maximum absolute atomic E-state index is 5.12. The number of hydrogen-bond donors (Lipinski definition) is 0. The molecule has 0 saturated heterocycles. The van der Waals surface area contributed by atoms with Gasteiger partial charge in [0.15, 0.2) is 23.3 Å². The molecule has 0 saturated carbocycles. The number of rotatable bonds is 8. The molecule has 0 aliphatic rings. The summed E-state index contributed by atoms with van der Waals surface area (Å²) in [7, 11) is 0. The van der Waals surface area contributed by atoms with Gasteiger partial charge in [0.1, 0.15) is 0 Å². The molecule has 10 aromatic rings. The molecule has 0 bridgehead atoms. The zero-order valence-corrected chi connectivity index (χ0v) is 31.6. The van der Waals surface area contributed by atoms with Gasteiger partial charge in [0.05, 0.1) is 10.6 Å². The lowest BCUT2D eigenvalue weighted by Crippen LogP contribution is -1.99. The van der Waals surface area contributed by atoms with Crippen LogP contribution in [0.5, 0.6) is 0 Å².